The van der Waals surface area contributed by atoms with E-state index in [0.29, 0.717) is 0 Å². The number of carbonyl (C=O) groups excluding carboxylic acids is 2. The summed E-state index contributed by atoms with van der Waals surface area (Å²) in [7, 11) is -2.96. The van der Waals surface area contributed by atoms with E-state index in [0.717, 1.165) is 31.4 Å². The molecule has 0 aromatic heterocycles. The number of methoxy groups -OCH3 is 1. The van der Waals surface area contributed by atoms with Crippen molar-refractivity contribution in [3.05, 3.63) is 29.8 Å². The number of nitrogens with one attached hydrogen (secondary N) is 2. The monoisotopic (exact) mass is 410 g/mol. The van der Waals surface area contributed by atoms with Gasteiger partial charge in [-0.3, -0.25) is 9.59 Å². The number of esters is 1. The lowest BCUT2D eigenvalue weighted by Gasteiger charge is -2.18. The van der Waals surface area contributed by atoms with E-state index < -0.39 is 40.7 Å². The van der Waals surface area contributed by atoms with Crippen LogP contribution in [0.1, 0.15) is 30.6 Å². The first-order valence-corrected chi connectivity index (χ1v) is 9.39. The van der Waals surface area contributed by atoms with Crippen LogP contribution in [0, 0.1) is 5.92 Å². The van der Waals surface area contributed by atoms with Gasteiger partial charge in [-0.2, -0.15) is 17.9 Å². The Morgan fingerprint density at radius 3 is 2.15 bits per heavy atom. The number of rotatable bonds is 8. The standard InChI is InChI=1S/C16H21F3N2O5S/c1-10(2)8-13(15(23)26-3)21-27(24,25)12-6-4-11(5-7-12)14(22)20-9-16(17,18)19/h4-7,10,13,21H,8-9H2,1-3H3,(H,20,22)/t13-/m1/s1. The highest BCUT2D eigenvalue weighted by Gasteiger charge is 2.29. The summed E-state index contributed by atoms with van der Waals surface area (Å²) in [6.45, 7) is 2.11. The second-order valence-electron chi connectivity index (χ2n) is 6.15. The topological polar surface area (TPSA) is 102 Å². The Kier molecular flexibility index (Phi) is 7.78. The van der Waals surface area contributed by atoms with Gasteiger partial charge >= 0.3 is 12.1 Å². The van der Waals surface area contributed by atoms with Gasteiger partial charge in [-0.05, 0) is 36.6 Å². The molecule has 0 saturated heterocycles. The van der Waals surface area contributed by atoms with Gasteiger partial charge in [0.25, 0.3) is 5.91 Å². The van der Waals surface area contributed by atoms with Crippen molar-refractivity contribution >= 4 is 21.9 Å². The van der Waals surface area contributed by atoms with Gasteiger partial charge in [0.1, 0.15) is 12.6 Å². The highest BCUT2D eigenvalue weighted by Crippen LogP contribution is 2.15. The molecule has 0 aliphatic carbocycles. The van der Waals surface area contributed by atoms with Crippen molar-refractivity contribution in [2.75, 3.05) is 13.7 Å². The van der Waals surface area contributed by atoms with Crippen LogP contribution in [-0.4, -0.2) is 46.2 Å². The summed E-state index contributed by atoms with van der Waals surface area (Å²) in [5.74, 6) is -1.72. The summed E-state index contributed by atoms with van der Waals surface area (Å²) in [5.41, 5.74) is -0.134. The summed E-state index contributed by atoms with van der Waals surface area (Å²) in [6, 6.07) is 3.20. The van der Waals surface area contributed by atoms with Crippen LogP contribution in [0.4, 0.5) is 13.2 Å². The predicted molar refractivity (Wildman–Crippen MR) is 90.4 cm³/mol. The van der Waals surface area contributed by atoms with E-state index >= 15 is 0 Å². The number of carbonyl (C=O) groups is 2. The third-order valence-electron chi connectivity index (χ3n) is 3.37. The quantitative estimate of drug-likeness (QED) is 0.637. The first-order valence-electron chi connectivity index (χ1n) is 7.91. The Hall–Kier alpha value is -2.14. The average molecular weight is 410 g/mol. The molecule has 0 unspecified atom stereocenters. The second kappa shape index (κ2) is 9.18. The number of halogens is 3. The Morgan fingerprint density at radius 1 is 1.15 bits per heavy atom. The van der Waals surface area contributed by atoms with E-state index in [2.05, 4.69) is 9.46 Å². The molecule has 1 amide bonds. The van der Waals surface area contributed by atoms with Gasteiger partial charge in [-0.15, -0.1) is 0 Å². The average Bonchev–Trinajstić information content (AvgIpc) is 2.57. The number of hydrogen-bond donors (Lipinski definition) is 2. The normalized spacial score (nSPS) is 13.3. The molecule has 0 spiro atoms. The highest BCUT2D eigenvalue weighted by molar-refractivity contribution is 7.89. The van der Waals surface area contributed by atoms with E-state index in [1.165, 1.54) is 0 Å². The minimum Gasteiger partial charge on any atom is -0.468 e. The van der Waals surface area contributed by atoms with Gasteiger partial charge < -0.3 is 10.1 Å². The maximum Gasteiger partial charge on any atom is 0.405 e. The molecule has 0 fully saturated rings. The van der Waals surface area contributed by atoms with Gasteiger partial charge in [0, 0.05) is 5.56 Å². The van der Waals surface area contributed by atoms with Crippen molar-refractivity contribution in [3.8, 4) is 0 Å². The molecule has 0 bridgehead atoms. The Balaban J connectivity index is 2.91. The molecule has 7 nitrogen and oxygen atoms in total. The Bertz CT molecular complexity index is 761. The summed E-state index contributed by atoms with van der Waals surface area (Å²) < 4.78 is 68.0. The van der Waals surface area contributed by atoms with Crippen LogP contribution in [0.5, 0.6) is 0 Å². The molecule has 0 saturated carbocycles. The lowest BCUT2D eigenvalue weighted by atomic mass is 10.1. The minimum absolute atomic E-state index is 0.0107. The lowest BCUT2D eigenvalue weighted by Crippen LogP contribution is -2.42. The van der Waals surface area contributed by atoms with Crippen LogP contribution < -0.4 is 10.0 Å². The van der Waals surface area contributed by atoms with Gasteiger partial charge in [0.05, 0.1) is 12.0 Å². The fraction of sp³-hybridized carbons (Fsp3) is 0.500. The number of hydrogen-bond acceptors (Lipinski definition) is 5. The van der Waals surface area contributed by atoms with E-state index in [-0.39, 0.29) is 22.8 Å². The first-order chi connectivity index (χ1) is 12.4. The molecule has 0 aliphatic rings. The summed E-state index contributed by atoms with van der Waals surface area (Å²) in [4.78, 5) is 23.2. The zero-order valence-corrected chi connectivity index (χ0v) is 15.8. The highest BCUT2D eigenvalue weighted by atomic mass is 32.2. The molecule has 1 aromatic carbocycles. The first kappa shape index (κ1) is 22.9. The molecule has 0 heterocycles. The largest absolute Gasteiger partial charge is 0.468 e. The predicted octanol–water partition coefficient (Wildman–Crippen LogP) is 1.84. The zero-order valence-electron chi connectivity index (χ0n) is 15.0. The number of amides is 1. The Labute approximate surface area is 155 Å². The lowest BCUT2D eigenvalue weighted by molar-refractivity contribution is -0.143. The maximum atomic E-state index is 12.4. The van der Waals surface area contributed by atoms with Crippen LogP contribution >= 0.6 is 0 Å². The number of benzene rings is 1. The van der Waals surface area contributed by atoms with Crippen molar-refractivity contribution in [1.82, 2.24) is 10.0 Å². The third-order valence-corrected chi connectivity index (χ3v) is 4.85. The van der Waals surface area contributed by atoms with Gasteiger partial charge in [-0.1, -0.05) is 13.8 Å². The van der Waals surface area contributed by atoms with Crippen LogP contribution in [0.3, 0.4) is 0 Å². The summed E-state index contributed by atoms with van der Waals surface area (Å²) >= 11 is 0. The van der Waals surface area contributed by atoms with Crippen LogP contribution in [-0.2, 0) is 19.6 Å². The molecule has 1 aromatic rings. The fourth-order valence-corrected chi connectivity index (χ4v) is 3.33. The van der Waals surface area contributed by atoms with E-state index in [4.69, 9.17) is 0 Å². The van der Waals surface area contributed by atoms with Crippen molar-refractivity contribution in [2.24, 2.45) is 5.92 Å². The zero-order chi connectivity index (χ0) is 20.8. The molecule has 1 atom stereocenters. The van der Waals surface area contributed by atoms with E-state index in [1.807, 2.05) is 0 Å². The van der Waals surface area contributed by atoms with Crippen LogP contribution in [0.25, 0.3) is 0 Å². The van der Waals surface area contributed by atoms with Gasteiger partial charge in [0.15, 0.2) is 0 Å². The summed E-state index contributed by atoms with van der Waals surface area (Å²) in [6.07, 6.45) is -4.34. The number of sulfonamides is 1. The maximum absolute atomic E-state index is 12.4. The summed E-state index contributed by atoms with van der Waals surface area (Å²) in [5, 5.41) is 1.68. The van der Waals surface area contributed by atoms with E-state index in [9.17, 15) is 31.2 Å². The third kappa shape index (κ3) is 7.55. The number of alkyl halides is 3. The van der Waals surface area contributed by atoms with E-state index in [1.54, 1.807) is 19.2 Å². The molecular formula is C16H21F3N2O5S. The molecule has 152 valence electrons. The SMILES string of the molecule is COC(=O)[C@@H](CC(C)C)NS(=O)(=O)c1ccc(C(=O)NCC(F)(F)F)cc1. The van der Waals surface area contributed by atoms with Crippen molar-refractivity contribution in [3.63, 3.8) is 0 Å². The molecule has 1 rings (SSSR count). The van der Waals surface area contributed by atoms with Gasteiger partial charge in [0.2, 0.25) is 10.0 Å². The molecular weight excluding hydrogens is 389 g/mol. The molecule has 27 heavy (non-hydrogen) atoms. The van der Waals surface area contributed by atoms with Crippen LogP contribution in [0.15, 0.2) is 29.2 Å². The molecule has 2 N–H and O–H groups in total. The van der Waals surface area contributed by atoms with Crippen molar-refractivity contribution in [2.45, 2.75) is 37.4 Å². The second-order valence-corrected chi connectivity index (χ2v) is 7.86. The Morgan fingerprint density at radius 2 is 1.70 bits per heavy atom. The number of ether oxygens (including phenoxy) is 1. The fourth-order valence-electron chi connectivity index (χ4n) is 2.13. The molecule has 11 heteroatoms. The molecule has 0 radical (unpaired) electrons. The van der Waals surface area contributed by atoms with Gasteiger partial charge in [-0.25, -0.2) is 8.42 Å². The smallest absolute Gasteiger partial charge is 0.405 e. The minimum atomic E-state index is -4.55. The molecule has 0 aliphatic heterocycles. The van der Waals surface area contributed by atoms with Crippen molar-refractivity contribution < 1.29 is 35.9 Å². The van der Waals surface area contributed by atoms with Crippen LogP contribution in [0.2, 0.25) is 0 Å². The van der Waals surface area contributed by atoms with Crippen molar-refractivity contribution in [1.29, 1.82) is 0 Å².